The minimum atomic E-state index is -0.619. The fraction of sp³-hybridized carbons (Fsp3) is 0.368. The van der Waals surface area contributed by atoms with E-state index >= 15 is 0 Å². The Labute approximate surface area is 132 Å². The number of hydrogen-bond acceptors (Lipinski definition) is 2. The van der Waals surface area contributed by atoms with Crippen molar-refractivity contribution in [1.29, 1.82) is 0 Å². The molecule has 2 unspecified atom stereocenters. The summed E-state index contributed by atoms with van der Waals surface area (Å²) in [5.74, 6) is -0.527. The van der Waals surface area contributed by atoms with Crippen LogP contribution in [0.15, 0.2) is 48.5 Å². The van der Waals surface area contributed by atoms with Crippen LogP contribution >= 0.6 is 0 Å². The Balaban J connectivity index is 2.36. The Kier molecular flexibility index (Phi) is 5.69. The first-order valence-electron chi connectivity index (χ1n) is 7.71. The lowest BCUT2D eigenvalue weighted by Crippen LogP contribution is -2.35. The van der Waals surface area contributed by atoms with Crippen molar-refractivity contribution in [3.63, 3.8) is 0 Å². The summed E-state index contributed by atoms with van der Waals surface area (Å²) < 4.78 is 13.6. The number of rotatable bonds is 6. The molecular weight excluding hydrogens is 277 g/mol. The highest BCUT2D eigenvalue weighted by molar-refractivity contribution is 5.36. The molecule has 0 fully saturated rings. The van der Waals surface area contributed by atoms with Crippen LogP contribution in [0.2, 0.25) is 0 Å². The van der Waals surface area contributed by atoms with Crippen LogP contribution < -0.4 is 5.32 Å². The van der Waals surface area contributed by atoms with Crippen LogP contribution in [0.1, 0.15) is 36.5 Å². The summed E-state index contributed by atoms with van der Waals surface area (Å²) in [7, 11) is 0. The number of aliphatic hydroxyl groups is 1. The molecule has 0 aliphatic rings. The molecule has 2 N–H and O–H groups in total. The molecule has 2 aromatic carbocycles. The minimum Gasteiger partial charge on any atom is -0.391 e. The second-order valence-corrected chi connectivity index (χ2v) is 6.08. The molecule has 0 aromatic heterocycles. The highest BCUT2D eigenvalue weighted by atomic mass is 19.1. The quantitative estimate of drug-likeness (QED) is 0.854. The van der Waals surface area contributed by atoms with Gasteiger partial charge in [0.2, 0.25) is 0 Å². The SMILES string of the molecule is Cc1cccc(C(c2cccc(F)c2)C(O)CNC(C)C)c1. The average molecular weight is 301 g/mol. The third-order valence-corrected chi connectivity index (χ3v) is 3.73. The van der Waals surface area contributed by atoms with Crippen molar-refractivity contribution in [3.8, 4) is 0 Å². The normalized spacial score (nSPS) is 14.1. The molecule has 22 heavy (non-hydrogen) atoms. The molecule has 0 radical (unpaired) electrons. The van der Waals surface area contributed by atoms with Crippen molar-refractivity contribution in [2.75, 3.05) is 6.54 Å². The van der Waals surface area contributed by atoms with E-state index in [-0.39, 0.29) is 11.7 Å². The molecule has 2 atom stereocenters. The van der Waals surface area contributed by atoms with E-state index in [1.54, 1.807) is 6.07 Å². The third kappa shape index (κ3) is 4.39. The number of benzene rings is 2. The molecule has 0 saturated carbocycles. The summed E-state index contributed by atoms with van der Waals surface area (Å²) in [6.45, 7) is 6.56. The molecule has 0 aliphatic heterocycles. The van der Waals surface area contributed by atoms with Gasteiger partial charge in [0.1, 0.15) is 5.82 Å². The lowest BCUT2D eigenvalue weighted by atomic mass is 9.85. The number of nitrogens with one attached hydrogen (secondary N) is 1. The smallest absolute Gasteiger partial charge is 0.123 e. The summed E-state index contributed by atoms with van der Waals surface area (Å²) in [6, 6.07) is 14.8. The second-order valence-electron chi connectivity index (χ2n) is 6.08. The molecule has 0 heterocycles. The predicted octanol–water partition coefficient (Wildman–Crippen LogP) is 3.62. The maximum Gasteiger partial charge on any atom is 0.123 e. The zero-order valence-corrected chi connectivity index (χ0v) is 13.4. The summed E-state index contributed by atoms with van der Waals surface area (Å²) in [6.07, 6.45) is -0.619. The molecule has 0 saturated heterocycles. The largest absolute Gasteiger partial charge is 0.391 e. The van der Waals surface area contributed by atoms with E-state index in [1.165, 1.54) is 12.1 Å². The lowest BCUT2D eigenvalue weighted by molar-refractivity contribution is 0.151. The van der Waals surface area contributed by atoms with Crippen molar-refractivity contribution >= 4 is 0 Å². The van der Waals surface area contributed by atoms with E-state index in [0.29, 0.717) is 12.6 Å². The van der Waals surface area contributed by atoms with Crippen LogP contribution in [-0.4, -0.2) is 23.8 Å². The van der Waals surface area contributed by atoms with E-state index < -0.39 is 6.10 Å². The standard InChI is InChI=1S/C19H24FNO/c1-13(2)21-12-18(22)19(15-7-4-6-14(3)10-15)16-8-5-9-17(20)11-16/h4-11,13,18-19,21-22H,12H2,1-3H3. The fourth-order valence-electron chi connectivity index (χ4n) is 2.67. The Morgan fingerprint density at radius 3 is 2.27 bits per heavy atom. The molecule has 0 aliphatic carbocycles. The van der Waals surface area contributed by atoms with Gasteiger partial charge in [-0.1, -0.05) is 55.8 Å². The van der Waals surface area contributed by atoms with Gasteiger partial charge in [0.25, 0.3) is 0 Å². The van der Waals surface area contributed by atoms with Gasteiger partial charge in [-0.25, -0.2) is 4.39 Å². The second kappa shape index (κ2) is 7.52. The van der Waals surface area contributed by atoms with Gasteiger partial charge in [0.15, 0.2) is 0 Å². The highest BCUT2D eigenvalue weighted by Crippen LogP contribution is 2.29. The molecule has 0 spiro atoms. The van der Waals surface area contributed by atoms with E-state index in [9.17, 15) is 9.50 Å². The van der Waals surface area contributed by atoms with Gasteiger partial charge in [-0.2, -0.15) is 0 Å². The molecule has 0 amide bonds. The van der Waals surface area contributed by atoms with Crippen LogP contribution in [0.4, 0.5) is 4.39 Å². The Morgan fingerprint density at radius 1 is 1.05 bits per heavy atom. The van der Waals surface area contributed by atoms with Gasteiger partial charge in [-0.3, -0.25) is 0 Å². The molecule has 2 aromatic rings. The monoisotopic (exact) mass is 301 g/mol. The van der Waals surface area contributed by atoms with Crippen LogP contribution in [-0.2, 0) is 0 Å². The average Bonchev–Trinajstić information content (AvgIpc) is 2.45. The number of halogens is 1. The lowest BCUT2D eigenvalue weighted by Gasteiger charge is -2.25. The van der Waals surface area contributed by atoms with E-state index in [2.05, 4.69) is 5.32 Å². The Hall–Kier alpha value is -1.71. The maximum atomic E-state index is 13.6. The van der Waals surface area contributed by atoms with Gasteiger partial charge in [0, 0.05) is 18.5 Å². The molecular formula is C19H24FNO. The van der Waals surface area contributed by atoms with Gasteiger partial charge < -0.3 is 10.4 Å². The molecule has 3 heteroatoms. The van der Waals surface area contributed by atoms with Gasteiger partial charge in [-0.05, 0) is 30.2 Å². The van der Waals surface area contributed by atoms with E-state index in [1.807, 2.05) is 51.1 Å². The minimum absolute atomic E-state index is 0.248. The van der Waals surface area contributed by atoms with Crippen molar-refractivity contribution in [2.45, 2.75) is 38.8 Å². The summed E-state index contributed by atoms with van der Waals surface area (Å²) in [5, 5.41) is 13.9. The van der Waals surface area contributed by atoms with Gasteiger partial charge >= 0.3 is 0 Å². The number of aliphatic hydroxyl groups excluding tert-OH is 1. The molecule has 0 bridgehead atoms. The van der Waals surface area contributed by atoms with Crippen LogP contribution in [0.5, 0.6) is 0 Å². The topological polar surface area (TPSA) is 32.3 Å². The summed E-state index contributed by atoms with van der Waals surface area (Å²) >= 11 is 0. The summed E-state index contributed by atoms with van der Waals surface area (Å²) in [5.41, 5.74) is 2.93. The van der Waals surface area contributed by atoms with Crippen molar-refractivity contribution < 1.29 is 9.50 Å². The van der Waals surface area contributed by atoms with E-state index in [0.717, 1.165) is 16.7 Å². The highest BCUT2D eigenvalue weighted by Gasteiger charge is 2.23. The van der Waals surface area contributed by atoms with Crippen LogP contribution in [0.25, 0.3) is 0 Å². The first-order valence-corrected chi connectivity index (χ1v) is 7.71. The first kappa shape index (κ1) is 16.7. The van der Waals surface area contributed by atoms with E-state index in [4.69, 9.17) is 0 Å². The van der Waals surface area contributed by atoms with Crippen molar-refractivity contribution in [1.82, 2.24) is 5.32 Å². The summed E-state index contributed by atoms with van der Waals surface area (Å²) in [4.78, 5) is 0. The third-order valence-electron chi connectivity index (χ3n) is 3.73. The molecule has 2 rings (SSSR count). The Bertz CT molecular complexity index is 566. The van der Waals surface area contributed by atoms with Crippen molar-refractivity contribution in [2.24, 2.45) is 0 Å². The molecule has 2 nitrogen and oxygen atoms in total. The zero-order valence-electron chi connectivity index (χ0n) is 13.4. The Morgan fingerprint density at radius 2 is 1.68 bits per heavy atom. The van der Waals surface area contributed by atoms with Crippen LogP contribution in [0.3, 0.4) is 0 Å². The number of hydrogen-bond donors (Lipinski definition) is 2. The predicted molar refractivity (Wildman–Crippen MR) is 88.6 cm³/mol. The fourth-order valence-corrected chi connectivity index (χ4v) is 2.67. The number of aryl methyl sites for hydroxylation is 1. The molecule has 118 valence electrons. The van der Waals surface area contributed by atoms with Crippen molar-refractivity contribution in [3.05, 3.63) is 71.0 Å². The maximum absolute atomic E-state index is 13.6. The first-order chi connectivity index (χ1) is 10.5. The van der Waals surface area contributed by atoms with Gasteiger partial charge in [0.05, 0.1) is 6.10 Å². The zero-order chi connectivity index (χ0) is 16.1. The van der Waals surface area contributed by atoms with Gasteiger partial charge in [-0.15, -0.1) is 0 Å². The van der Waals surface area contributed by atoms with Crippen LogP contribution in [0, 0.1) is 12.7 Å².